The fourth-order valence-corrected chi connectivity index (χ4v) is 6.05. The molecule has 0 aliphatic carbocycles. The zero-order chi connectivity index (χ0) is 24.1. The maximum Gasteiger partial charge on any atom is 0.267 e. The molecule has 1 aromatic carbocycles. The van der Waals surface area contributed by atoms with Crippen molar-refractivity contribution in [3.63, 3.8) is 0 Å². The summed E-state index contributed by atoms with van der Waals surface area (Å²) in [5.74, 6) is 0.423. The van der Waals surface area contributed by atoms with Crippen LogP contribution in [0.25, 0.3) is 21.6 Å². The Kier molecular flexibility index (Phi) is 5.65. The number of rotatable bonds is 4. The van der Waals surface area contributed by atoms with Gasteiger partial charge in [-0.1, -0.05) is 30.0 Å². The van der Waals surface area contributed by atoms with Crippen LogP contribution in [0.4, 0.5) is 0 Å². The Bertz CT molecular complexity index is 1710. The molecule has 0 aliphatic rings. The number of aromatic nitrogens is 4. The van der Waals surface area contributed by atoms with Crippen LogP contribution >= 0.6 is 23.1 Å². The van der Waals surface area contributed by atoms with Gasteiger partial charge < -0.3 is 0 Å². The molecule has 5 rings (SSSR count). The molecule has 4 aromatic heterocycles. The van der Waals surface area contributed by atoms with Gasteiger partial charge in [0.15, 0.2) is 5.16 Å². The summed E-state index contributed by atoms with van der Waals surface area (Å²) in [6.07, 6.45) is 1.73. The molecule has 8 heteroatoms. The highest BCUT2D eigenvalue weighted by molar-refractivity contribution is 7.98. The molecular formula is C26H24N4O2S2. The third-order valence-electron chi connectivity index (χ3n) is 6.28. The van der Waals surface area contributed by atoms with Crippen molar-refractivity contribution in [1.29, 1.82) is 0 Å². The predicted octanol–water partition coefficient (Wildman–Crippen LogP) is 5.29. The second-order valence-electron chi connectivity index (χ2n) is 8.48. The molecule has 0 saturated carbocycles. The van der Waals surface area contributed by atoms with E-state index in [4.69, 9.17) is 9.97 Å². The molecule has 0 spiro atoms. The van der Waals surface area contributed by atoms with Crippen LogP contribution in [-0.2, 0) is 5.75 Å². The van der Waals surface area contributed by atoms with E-state index < -0.39 is 0 Å². The molecule has 0 fully saturated rings. The summed E-state index contributed by atoms with van der Waals surface area (Å²) in [6, 6.07) is 11.3. The summed E-state index contributed by atoms with van der Waals surface area (Å²) in [5.41, 5.74) is 6.00. The van der Waals surface area contributed by atoms with Crippen molar-refractivity contribution in [2.45, 2.75) is 45.5 Å². The van der Waals surface area contributed by atoms with Crippen LogP contribution in [0.2, 0.25) is 0 Å². The molecule has 6 nitrogen and oxygen atoms in total. The van der Waals surface area contributed by atoms with Gasteiger partial charge in [0.2, 0.25) is 0 Å². The van der Waals surface area contributed by atoms with Crippen molar-refractivity contribution in [1.82, 2.24) is 18.9 Å². The summed E-state index contributed by atoms with van der Waals surface area (Å²) in [6.45, 7) is 10.00. The highest BCUT2D eigenvalue weighted by atomic mass is 32.2. The Balaban J connectivity index is 1.67. The standard InChI is InChI=1S/C26H24N4O2S2/c1-14-8-6-10-20(16(14)3)30-25(32)22-17(4)18(5)34-24(22)28-26(30)33-13-19-12-21(31)29-11-7-9-15(2)23(29)27-19/h6-12H,13H2,1-5H3. The van der Waals surface area contributed by atoms with Gasteiger partial charge in [-0.15, -0.1) is 11.3 Å². The second-order valence-corrected chi connectivity index (χ2v) is 10.6. The SMILES string of the molecule is Cc1cccc(-n2c(SCc3cc(=O)n4cccc(C)c4n3)nc3sc(C)c(C)c3c2=O)c1C. The van der Waals surface area contributed by atoms with Gasteiger partial charge in [-0.05, 0) is 69.0 Å². The van der Waals surface area contributed by atoms with Crippen molar-refractivity contribution in [3.8, 4) is 5.69 Å². The lowest BCUT2D eigenvalue weighted by Gasteiger charge is -2.15. The van der Waals surface area contributed by atoms with Crippen LogP contribution in [0, 0.1) is 34.6 Å². The highest BCUT2D eigenvalue weighted by Gasteiger charge is 2.20. The number of hydrogen-bond donors (Lipinski definition) is 0. The Hall–Kier alpha value is -3.23. The topological polar surface area (TPSA) is 69.3 Å². The molecule has 172 valence electrons. The van der Waals surface area contributed by atoms with Crippen LogP contribution in [-0.4, -0.2) is 18.9 Å². The highest BCUT2D eigenvalue weighted by Crippen LogP contribution is 2.31. The van der Waals surface area contributed by atoms with Gasteiger partial charge in [-0.2, -0.15) is 0 Å². The first-order chi connectivity index (χ1) is 16.3. The number of fused-ring (bicyclic) bond motifs is 2. The Labute approximate surface area is 205 Å². The third-order valence-corrected chi connectivity index (χ3v) is 8.35. The summed E-state index contributed by atoms with van der Waals surface area (Å²) < 4.78 is 3.27. The minimum Gasteiger partial charge on any atom is -0.269 e. The Morgan fingerprint density at radius 2 is 1.71 bits per heavy atom. The van der Waals surface area contributed by atoms with Crippen LogP contribution in [0.3, 0.4) is 0 Å². The first-order valence-electron chi connectivity index (χ1n) is 11.0. The zero-order valence-corrected chi connectivity index (χ0v) is 21.3. The summed E-state index contributed by atoms with van der Waals surface area (Å²) in [4.78, 5) is 37.9. The average Bonchev–Trinajstić information content (AvgIpc) is 3.09. The van der Waals surface area contributed by atoms with E-state index in [0.29, 0.717) is 27.6 Å². The molecule has 0 saturated heterocycles. The van der Waals surface area contributed by atoms with E-state index in [1.807, 2.05) is 65.0 Å². The first kappa shape index (κ1) is 22.6. The monoisotopic (exact) mass is 488 g/mol. The quantitative estimate of drug-likeness (QED) is 0.254. The fraction of sp³-hybridized carbons (Fsp3) is 0.231. The zero-order valence-electron chi connectivity index (χ0n) is 19.7. The normalized spacial score (nSPS) is 11.6. The van der Waals surface area contributed by atoms with Gasteiger partial charge in [0.1, 0.15) is 10.5 Å². The van der Waals surface area contributed by atoms with Gasteiger partial charge in [0.25, 0.3) is 11.1 Å². The van der Waals surface area contributed by atoms with E-state index in [1.165, 1.54) is 23.1 Å². The van der Waals surface area contributed by atoms with E-state index >= 15 is 0 Å². The maximum atomic E-state index is 13.8. The van der Waals surface area contributed by atoms with Gasteiger partial charge in [-0.25, -0.2) is 9.97 Å². The molecule has 0 radical (unpaired) electrons. The number of benzene rings is 1. The summed E-state index contributed by atoms with van der Waals surface area (Å²) in [7, 11) is 0. The minimum absolute atomic E-state index is 0.0644. The molecule has 0 aliphatic heterocycles. The molecule has 0 atom stereocenters. The average molecular weight is 489 g/mol. The smallest absolute Gasteiger partial charge is 0.267 e. The van der Waals surface area contributed by atoms with Gasteiger partial charge >= 0.3 is 0 Å². The van der Waals surface area contributed by atoms with Crippen molar-refractivity contribution >= 4 is 39.0 Å². The minimum atomic E-state index is -0.121. The lowest BCUT2D eigenvalue weighted by atomic mass is 10.1. The molecule has 5 aromatic rings. The number of thioether (sulfide) groups is 1. The van der Waals surface area contributed by atoms with Crippen LogP contribution in [0.5, 0.6) is 0 Å². The molecular weight excluding hydrogens is 464 g/mol. The van der Waals surface area contributed by atoms with Crippen LogP contribution in [0.1, 0.15) is 32.8 Å². The maximum absolute atomic E-state index is 13.8. The first-order valence-corrected chi connectivity index (χ1v) is 12.8. The largest absolute Gasteiger partial charge is 0.269 e. The lowest BCUT2D eigenvalue weighted by Crippen LogP contribution is -2.22. The number of aryl methyl sites for hydroxylation is 4. The Morgan fingerprint density at radius 3 is 2.50 bits per heavy atom. The molecule has 0 unspecified atom stereocenters. The predicted molar refractivity (Wildman–Crippen MR) is 140 cm³/mol. The summed E-state index contributed by atoms with van der Waals surface area (Å²) in [5, 5.41) is 1.27. The number of nitrogens with zero attached hydrogens (tertiary/aromatic N) is 4. The number of pyridine rings is 1. The van der Waals surface area contributed by atoms with Crippen molar-refractivity contribution in [3.05, 3.63) is 96.1 Å². The van der Waals surface area contributed by atoms with Crippen LogP contribution < -0.4 is 11.1 Å². The Morgan fingerprint density at radius 1 is 0.941 bits per heavy atom. The lowest BCUT2D eigenvalue weighted by molar-refractivity contribution is 0.814. The van der Waals surface area contributed by atoms with Gasteiger partial charge in [0.05, 0.1) is 16.8 Å². The van der Waals surface area contributed by atoms with Crippen molar-refractivity contribution in [2.75, 3.05) is 0 Å². The van der Waals surface area contributed by atoms with Crippen molar-refractivity contribution in [2.24, 2.45) is 0 Å². The van der Waals surface area contributed by atoms with E-state index in [2.05, 4.69) is 0 Å². The van der Waals surface area contributed by atoms with Gasteiger partial charge in [-0.3, -0.25) is 18.6 Å². The molecule has 0 N–H and O–H groups in total. The van der Waals surface area contributed by atoms with E-state index in [0.717, 1.165) is 37.6 Å². The van der Waals surface area contributed by atoms with Crippen LogP contribution in [0.15, 0.2) is 57.3 Å². The number of hydrogen-bond acceptors (Lipinski definition) is 6. The molecule has 4 heterocycles. The molecule has 0 amide bonds. The second kappa shape index (κ2) is 8.52. The van der Waals surface area contributed by atoms with E-state index in [1.54, 1.807) is 21.2 Å². The summed E-state index contributed by atoms with van der Waals surface area (Å²) >= 11 is 2.96. The fourth-order valence-electron chi connectivity index (χ4n) is 4.08. The third kappa shape index (κ3) is 3.67. The molecule has 34 heavy (non-hydrogen) atoms. The van der Waals surface area contributed by atoms with Crippen molar-refractivity contribution < 1.29 is 0 Å². The molecule has 0 bridgehead atoms. The van der Waals surface area contributed by atoms with E-state index in [9.17, 15) is 9.59 Å². The number of thiophene rings is 1. The van der Waals surface area contributed by atoms with Gasteiger partial charge in [0, 0.05) is 22.9 Å². The van der Waals surface area contributed by atoms with E-state index in [-0.39, 0.29) is 11.1 Å².